The van der Waals surface area contributed by atoms with Gasteiger partial charge in [0, 0.05) is 12.1 Å². The van der Waals surface area contributed by atoms with Gasteiger partial charge < -0.3 is 9.73 Å². The lowest BCUT2D eigenvalue weighted by molar-refractivity contribution is 0.509. The molecule has 0 aliphatic carbocycles. The van der Waals surface area contributed by atoms with E-state index in [1.165, 1.54) is 16.9 Å². The van der Waals surface area contributed by atoms with E-state index in [9.17, 15) is 0 Å². The maximum Gasteiger partial charge on any atom is 0.247 e. The smallest absolute Gasteiger partial charge is 0.247 e. The molecule has 0 amide bonds. The summed E-state index contributed by atoms with van der Waals surface area (Å²) in [5, 5.41) is 20.5. The molecule has 2 aromatic heterocycles. The van der Waals surface area contributed by atoms with Crippen molar-refractivity contribution in [2.45, 2.75) is 30.4 Å². The topological polar surface area (TPSA) is 76.7 Å². The number of anilines is 1. The van der Waals surface area contributed by atoms with Crippen LogP contribution >= 0.6 is 23.1 Å². The first-order chi connectivity index (χ1) is 11.2. The zero-order valence-electron chi connectivity index (χ0n) is 13.1. The average Bonchev–Trinajstić information content (AvgIpc) is 3.18. The third-order valence-corrected chi connectivity index (χ3v) is 5.15. The number of nitrogens with one attached hydrogen (secondary N) is 1. The minimum Gasteiger partial charge on any atom is -0.419 e. The lowest BCUT2D eigenvalue weighted by atomic mass is 10.1. The maximum atomic E-state index is 5.80. The van der Waals surface area contributed by atoms with Crippen LogP contribution in [0.1, 0.15) is 30.6 Å². The summed E-state index contributed by atoms with van der Waals surface area (Å²) in [7, 11) is 0. The molecule has 0 fully saturated rings. The van der Waals surface area contributed by atoms with Crippen LogP contribution < -0.4 is 5.32 Å². The van der Waals surface area contributed by atoms with E-state index in [0.717, 1.165) is 21.6 Å². The zero-order valence-corrected chi connectivity index (χ0v) is 14.7. The molecule has 1 N–H and O–H groups in total. The SMILES string of the molecule is CCNc1nnc(SC(C)c2nnc(-c3ccc(C)cc3)o2)s1. The summed E-state index contributed by atoms with van der Waals surface area (Å²) in [5.41, 5.74) is 2.13. The Hall–Kier alpha value is -1.93. The molecule has 23 heavy (non-hydrogen) atoms. The third kappa shape index (κ3) is 3.89. The molecule has 3 aromatic rings. The Morgan fingerprint density at radius 2 is 1.96 bits per heavy atom. The molecule has 2 heterocycles. The van der Waals surface area contributed by atoms with Crippen LogP contribution in [0, 0.1) is 6.92 Å². The van der Waals surface area contributed by atoms with Crippen molar-refractivity contribution in [2.75, 3.05) is 11.9 Å². The van der Waals surface area contributed by atoms with Gasteiger partial charge in [-0.2, -0.15) is 0 Å². The summed E-state index contributed by atoms with van der Waals surface area (Å²) in [5.74, 6) is 1.13. The van der Waals surface area contributed by atoms with Crippen molar-refractivity contribution in [3.63, 3.8) is 0 Å². The van der Waals surface area contributed by atoms with E-state index < -0.39 is 0 Å². The second kappa shape index (κ2) is 7.10. The van der Waals surface area contributed by atoms with Crippen LogP contribution in [-0.4, -0.2) is 26.9 Å². The monoisotopic (exact) mass is 347 g/mol. The van der Waals surface area contributed by atoms with E-state index in [1.54, 1.807) is 11.8 Å². The first kappa shape index (κ1) is 15.9. The molecule has 1 unspecified atom stereocenters. The van der Waals surface area contributed by atoms with Gasteiger partial charge in [0.15, 0.2) is 4.34 Å². The van der Waals surface area contributed by atoms with Crippen molar-refractivity contribution in [2.24, 2.45) is 0 Å². The Bertz CT molecular complexity index is 768. The fourth-order valence-corrected chi connectivity index (χ4v) is 3.89. The summed E-state index contributed by atoms with van der Waals surface area (Å²) in [4.78, 5) is 0. The van der Waals surface area contributed by atoms with Crippen molar-refractivity contribution < 1.29 is 4.42 Å². The third-order valence-electron chi connectivity index (χ3n) is 3.10. The van der Waals surface area contributed by atoms with E-state index in [2.05, 4.69) is 25.7 Å². The summed E-state index contributed by atoms with van der Waals surface area (Å²) in [6.45, 7) is 6.93. The molecule has 120 valence electrons. The Morgan fingerprint density at radius 3 is 2.70 bits per heavy atom. The number of hydrogen-bond acceptors (Lipinski definition) is 8. The summed E-state index contributed by atoms with van der Waals surface area (Å²) in [6.07, 6.45) is 0. The molecule has 0 saturated heterocycles. The van der Waals surface area contributed by atoms with Crippen LogP contribution in [0.4, 0.5) is 5.13 Å². The van der Waals surface area contributed by atoms with Gasteiger partial charge in [-0.3, -0.25) is 0 Å². The predicted octanol–water partition coefficient (Wildman–Crippen LogP) is 4.18. The summed E-state index contributed by atoms with van der Waals surface area (Å²) < 4.78 is 6.67. The fraction of sp³-hybridized carbons (Fsp3) is 0.333. The van der Waals surface area contributed by atoms with Crippen molar-refractivity contribution in [3.05, 3.63) is 35.7 Å². The minimum absolute atomic E-state index is 0.0177. The van der Waals surface area contributed by atoms with Gasteiger partial charge in [0.05, 0.1) is 5.25 Å². The number of aromatic nitrogens is 4. The fourth-order valence-electron chi connectivity index (χ4n) is 1.89. The van der Waals surface area contributed by atoms with Gasteiger partial charge in [0.2, 0.25) is 16.9 Å². The largest absolute Gasteiger partial charge is 0.419 e. The van der Waals surface area contributed by atoms with Gasteiger partial charge in [0.25, 0.3) is 0 Å². The lowest BCUT2D eigenvalue weighted by Gasteiger charge is -2.02. The molecule has 0 radical (unpaired) electrons. The molecule has 0 aliphatic heterocycles. The Labute approximate surface area is 142 Å². The standard InChI is InChI=1S/C15H17N5OS2/c1-4-16-14-19-20-15(23-14)22-10(3)12-17-18-13(21-12)11-7-5-9(2)6-8-11/h5-8,10H,4H2,1-3H3,(H,16,19). The number of thioether (sulfide) groups is 1. The molecule has 1 atom stereocenters. The first-order valence-electron chi connectivity index (χ1n) is 7.30. The lowest BCUT2D eigenvalue weighted by Crippen LogP contribution is -1.94. The van der Waals surface area contributed by atoms with Crippen LogP contribution in [0.15, 0.2) is 33.0 Å². The van der Waals surface area contributed by atoms with Crippen LogP contribution in [0.5, 0.6) is 0 Å². The molecule has 0 saturated carbocycles. The first-order valence-corrected chi connectivity index (χ1v) is 8.99. The van der Waals surface area contributed by atoms with Gasteiger partial charge in [-0.1, -0.05) is 40.8 Å². The number of hydrogen-bond donors (Lipinski definition) is 1. The quantitative estimate of drug-likeness (QED) is 0.670. The van der Waals surface area contributed by atoms with Gasteiger partial charge >= 0.3 is 0 Å². The number of benzene rings is 1. The van der Waals surface area contributed by atoms with E-state index in [1.807, 2.05) is 45.0 Å². The van der Waals surface area contributed by atoms with Crippen molar-refractivity contribution in [1.82, 2.24) is 20.4 Å². The van der Waals surface area contributed by atoms with Crippen LogP contribution in [0.2, 0.25) is 0 Å². The highest BCUT2D eigenvalue weighted by molar-refractivity contribution is 8.01. The average molecular weight is 347 g/mol. The molecule has 0 bridgehead atoms. The molecule has 0 spiro atoms. The summed E-state index contributed by atoms with van der Waals surface area (Å²) >= 11 is 3.09. The van der Waals surface area contributed by atoms with E-state index >= 15 is 0 Å². The van der Waals surface area contributed by atoms with Gasteiger partial charge in [-0.15, -0.1) is 20.4 Å². The second-order valence-electron chi connectivity index (χ2n) is 4.98. The highest BCUT2D eigenvalue weighted by atomic mass is 32.2. The van der Waals surface area contributed by atoms with Gasteiger partial charge in [-0.05, 0) is 32.9 Å². The molecule has 0 aliphatic rings. The normalized spacial score (nSPS) is 12.3. The van der Waals surface area contributed by atoms with Crippen LogP contribution in [0.25, 0.3) is 11.5 Å². The van der Waals surface area contributed by atoms with Gasteiger partial charge in [-0.25, -0.2) is 0 Å². The van der Waals surface area contributed by atoms with E-state index in [-0.39, 0.29) is 5.25 Å². The second-order valence-corrected chi connectivity index (χ2v) is 7.54. The van der Waals surface area contributed by atoms with Crippen molar-refractivity contribution >= 4 is 28.2 Å². The molecule has 3 rings (SSSR count). The summed E-state index contributed by atoms with van der Waals surface area (Å²) in [6, 6.07) is 8.03. The zero-order chi connectivity index (χ0) is 16.2. The van der Waals surface area contributed by atoms with E-state index in [4.69, 9.17) is 4.42 Å². The Morgan fingerprint density at radius 1 is 1.17 bits per heavy atom. The predicted molar refractivity (Wildman–Crippen MR) is 92.8 cm³/mol. The molecular weight excluding hydrogens is 330 g/mol. The van der Waals surface area contributed by atoms with Crippen LogP contribution in [-0.2, 0) is 0 Å². The van der Waals surface area contributed by atoms with Crippen molar-refractivity contribution in [3.8, 4) is 11.5 Å². The maximum absolute atomic E-state index is 5.80. The molecule has 1 aromatic carbocycles. The molecular formula is C15H17N5OS2. The van der Waals surface area contributed by atoms with Crippen LogP contribution in [0.3, 0.4) is 0 Å². The minimum atomic E-state index is 0.0177. The van der Waals surface area contributed by atoms with Gasteiger partial charge in [0.1, 0.15) is 0 Å². The Balaban J connectivity index is 1.70. The number of rotatable bonds is 6. The van der Waals surface area contributed by atoms with E-state index in [0.29, 0.717) is 11.8 Å². The highest BCUT2D eigenvalue weighted by Gasteiger charge is 2.18. The van der Waals surface area contributed by atoms with Crippen molar-refractivity contribution in [1.29, 1.82) is 0 Å². The molecule has 6 nitrogen and oxygen atoms in total. The highest BCUT2D eigenvalue weighted by Crippen LogP contribution is 2.37. The Kier molecular flexibility index (Phi) is 4.92. The molecule has 8 heteroatoms. The number of aryl methyl sites for hydroxylation is 1. The number of nitrogens with zero attached hydrogens (tertiary/aromatic N) is 4.